The third-order valence-corrected chi connectivity index (χ3v) is 7.07. The topological polar surface area (TPSA) is 57.2 Å². The minimum Gasteiger partial charge on any atom is -0.399 e. The van der Waals surface area contributed by atoms with Crippen molar-refractivity contribution in [3.63, 3.8) is 0 Å². The van der Waals surface area contributed by atoms with Gasteiger partial charge in [0.05, 0.1) is 30.0 Å². The number of hydrogen-bond acceptors (Lipinski definition) is 5. The van der Waals surface area contributed by atoms with E-state index in [1.54, 1.807) is 0 Å². The highest BCUT2D eigenvalue weighted by Crippen LogP contribution is 2.41. The number of aliphatic hydroxyl groups is 1. The van der Waals surface area contributed by atoms with E-state index >= 15 is 0 Å². The summed E-state index contributed by atoms with van der Waals surface area (Å²) in [5, 5.41) is 11.8. The van der Waals surface area contributed by atoms with Gasteiger partial charge in [-0.2, -0.15) is 0 Å². The van der Waals surface area contributed by atoms with Gasteiger partial charge < -0.3 is 23.9 Å². The largest absolute Gasteiger partial charge is 0.494 e. The van der Waals surface area contributed by atoms with Crippen molar-refractivity contribution in [3.05, 3.63) is 28.8 Å². The Morgan fingerprint density at radius 1 is 1.03 bits per heavy atom. The summed E-state index contributed by atoms with van der Waals surface area (Å²) in [6, 6.07) is 4.15. The third-order valence-electron chi connectivity index (χ3n) is 7.07. The molecule has 5 nitrogen and oxygen atoms in total. The Kier molecular flexibility index (Phi) is 7.05. The number of hydrogen-bond donors (Lipinski definition) is 1. The molecule has 30 heavy (non-hydrogen) atoms. The molecule has 0 amide bonds. The summed E-state index contributed by atoms with van der Waals surface area (Å²) < 4.78 is 24.3. The van der Waals surface area contributed by atoms with E-state index in [-0.39, 0.29) is 0 Å². The molecule has 1 atom stereocenters. The predicted molar refractivity (Wildman–Crippen MR) is 120 cm³/mol. The second-order valence-corrected chi connectivity index (χ2v) is 9.80. The summed E-state index contributed by atoms with van der Waals surface area (Å²) in [6.07, 6.45) is 4.10. The van der Waals surface area contributed by atoms with Crippen LogP contribution in [0.2, 0.25) is 0 Å². The van der Waals surface area contributed by atoms with E-state index in [2.05, 4.69) is 53.7 Å². The van der Waals surface area contributed by atoms with Gasteiger partial charge in [0.1, 0.15) is 0 Å². The molecule has 0 spiro atoms. The van der Waals surface area contributed by atoms with Crippen molar-refractivity contribution in [2.75, 3.05) is 13.2 Å². The number of aryl methyl sites for hydroxylation is 1. The first kappa shape index (κ1) is 23.7. The zero-order chi connectivity index (χ0) is 22.2. The van der Waals surface area contributed by atoms with E-state index in [1.165, 1.54) is 0 Å². The van der Waals surface area contributed by atoms with Crippen LogP contribution in [-0.4, -0.2) is 36.6 Å². The van der Waals surface area contributed by atoms with E-state index in [4.69, 9.17) is 18.8 Å². The Morgan fingerprint density at radius 3 is 2.17 bits per heavy atom. The Hall–Kier alpha value is -0.915. The van der Waals surface area contributed by atoms with E-state index < -0.39 is 30.2 Å². The smallest absolute Gasteiger partial charge is 0.399 e. The zero-order valence-corrected chi connectivity index (χ0v) is 19.8. The summed E-state index contributed by atoms with van der Waals surface area (Å²) in [6.45, 7) is 15.7. The van der Waals surface area contributed by atoms with Gasteiger partial charge in [-0.1, -0.05) is 45.2 Å². The van der Waals surface area contributed by atoms with Crippen LogP contribution in [0.5, 0.6) is 0 Å². The molecule has 168 valence electrons. The summed E-state index contributed by atoms with van der Waals surface area (Å²) in [5.74, 6) is 0. The Balaban J connectivity index is 2.05. The molecule has 2 aliphatic rings. The van der Waals surface area contributed by atoms with Gasteiger partial charge in [0.25, 0.3) is 0 Å². The van der Waals surface area contributed by atoms with Crippen LogP contribution >= 0.6 is 0 Å². The van der Waals surface area contributed by atoms with Crippen molar-refractivity contribution in [3.8, 4) is 0 Å². The van der Waals surface area contributed by atoms with Gasteiger partial charge in [0.15, 0.2) is 6.29 Å². The van der Waals surface area contributed by atoms with Gasteiger partial charge >= 0.3 is 7.12 Å². The average Bonchev–Trinajstić information content (AvgIpc) is 3.27. The molecule has 2 fully saturated rings. The molecule has 2 heterocycles. The quantitative estimate of drug-likeness (QED) is 0.497. The molecule has 0 aliphatic carbocycles. The van der Waals surface area contributed by atoms with Gasteiger partial charge in [-0.3, -0.25) is 0 Å². The first-order chi connectivity index (χ1) is 14.0. The Bertz CT molecular complexity index is 725. The van der Waals surface area contributed by atoms with Crippen molar-refractivity contribution >= 4 is 12.6 Å². The maximum absolute atomic E-state index is 11.8. The van der Waals surface area contributed by atoms with E-state index in [1.807, 2.05) is 6.92 Å². The first-order valence-corrected chi connectivity index (χ1v) is 11.5. The van der Waals surface area contributed by atoms with E-state index in [9.17, 15) is 5.11 Å². The minimum atomic E-state index is -0.940. The Labute approximate surface area is 182 Å². The van der Waals surface area contributed by atoms with Crippen molar-refractivity contribution < 1.29 is 23.9 Å². The van der Waals surface area contributed by atoms with Crippen molar-refractivity contribution in [2.24, 2.45) is 0 Å². The van der Waals surface area contributed by atoms with Gasteiger partial charge in [0.2, 0.25) is 0 Å². The minimum absolute atomic E-state index is 0.412. The van der Waals surface area contributed by atoms with Crippen LogP contribution in [0, 0.1) is 6.92 Å². The van der Waals surface area contributed by atoms with Crippen LogP contribution in [-0.2, 0) is 24.4 Å². The summed E-state index contributed by atoms with van der Waals surface area (Å²) in [5.41, 5.74) is 2.04. The molecule has 2 saturated heterocycles. The number of unbranched alkanes of at least 4 members (excludes halogenated alkanes) is 2. The fourth-order valence-electron chi connectivity index (χ4n) is 4.33. The molecule has 1 N–H and O–H groups in total. The molecule has 0 bridgehead atoms. The second-order valence-electron chi connectivity index (χ2n) is 9.80. The second kappa shape index (κ2) is 8.91. The lowest BCUT2D eigenvalue weighted by Gasteiger charge is -2.32. The molecule has 6 heteroatoms. The fraction of sp³-hybridized carbons (Fsp3) is 0.750. The van der Waals surface area contributed by atoms with Gasteiger partial charge in [-0.15, -0.1) is 0 Å². The molecule has 0 saturated carbocycles. The lowest BCUT2D eigenvalue weighted by atomic mass is 9.72. The maximum atomic E-state index is 11.8. The summed E-state index contributed by atoms with van der Waals surface area (Å²) in [4.78, 5) is 0. The SMILES string of the molecule is CCCCCC(O)(CC)c1cc(B2OC(C)(C)C(C)(C)O2)cc(C)c1C1OCCO1. The van der Waals surface area contributed by atoms with Crippen molar-refractivity contribution in [1.82, 2.24) is 0 Å². The highest BCUT2D eigenvalue weighted by Gasteiger charge is 2.52. The van der Waals surface area contributed by atoms with Gasteiger partial charge in [0, 0.05) is 5.56 Å². The van der Waals surface area contributed by atoms with Gasteiger partial charge in [-0.25, -0.2) is 0 Å². The van der Waals surface area contributed by atoms with Crippen molar-refractivity contribution in [1.29, 1.82) is 0 Å². The Morgan fingerprint density at radius 2 is 1.63 bits per heavy atom. The molecule has 0 radical (unpaired) electrons. The van der Waals surface area contributed by atoms with Crippen LogP contribution in [0.25, 0.3) is 0 Å². The molecular weight excluding hydrogens is 379 g/mol. The standard InChI is InChI=1S/C24H39BO5/c1-8-10-11-12-24(26,9-2)19-16-18(25-29-22(4,5)23(6,7)30-25)15-17(3)20(19)21-27-13-14-28-21/h15-16,21,26H,8-14H2,1-7H3. The zero-order valence-electron chi connectivity index (χ0n) is 19.8. The lowest BCUT2D eigenvalue weighted by molar-refractivity contribution is -0.0512. The van der Waals surface area contributed by atoms with E-state index in [0.29, 0.717) is 26.1 Å². The number of benzene rings is 1. The first-order valence-electron chi connectivity index (χ1n) is 11.5. The van der Waals surface area contributed by atoms with E-state index in [0.717, 1.165) is 41.4 Å². The third kappa shape index (κ3) is 4.49. The maximum Gasteiger partial charge on any atom is 0.494 e. The highest BCUT2D eigenvalue weighted by atomic mass is 16.7. The average molecular weight is 418 g/mol. The molecular formula is C24H39BO5. The predicted octanol–water partition coefficient (Wildman–Crippen LogP) is 4.52. The van der Waals surface area contributed by atoms with Crippen molar-refractivity contribution in [2.45, 2.75) is 104 Å². The number of ether oxygens (including phenoxy) is 2. The highest BCUT2D eigenvalue weighted by molar-refractivity contribution is 6.62. The van der Waals surface area contributed by atoms with Crippen LogP contribution < -0.4 is 5.46 Å². The monoisotopic (exact) mass is 418 g/mol. The van der Waals surface area contributed by atoms with Crippen LogP contribution in [0.4, 0.5) is 0 Å². The molecule has 3 rings (SSSR count). The van der Waals surface area contributed by atoms with Crippen LogP contribution in [0.15, 0.2) is 12.1 Å². The van der Waals surface area contributed by atoms with Crippen LogP contribution in [0.3, 0.4) is 0 Å². The fourth-order valence-corrected chi connectivity index (χ4v) is 4.33. The molecule has 1 aromatic rings. The molecule has 1 aromatic carbocycles. The summed E-state index contributed by atoms with van der Waals surface area (Å²) >= 11 is 0. The summed E-state index contributed by atoms with van der Waals surface area (Å²) in [7, 11) is -0.469. The molecule has 2 aliphatic heterocycles. The van der Waals surface area contributed by atoms with Crippen LogP contribution in [0.1, 0.15) is 96.6 Å². The molecule has 0 aromatic heterocycles. The lowest BCUT2D eigenvalue weighted by Crippen LogP contribution is -2.41. The van der Waals surface area contributed by atoms with Gasteiger partial charge in [-0.05, 0) is 64.1 Å². The normalized spacial score (nSPS) is 23.1. The number of rotatable bonds is 8. The molecule has 1 unspecified atom stereocenters.